The van der Waals surface area contributed by atoms with E-state index in [2.05, 4.69) is 51.1 Å². The molecule has 5 rings (SSSR count). The molecule has 0 atom stereocenters. The van der Waals surface area contributed by atoms with Crippen molar-refractivity contribution < 1.29 is 14.3 Å². The molecule has 192 valence electrons. The summed E-state index contributed by atoms with van der Waals surface area (Å²) in [5.41, 5.74) is 7.30. The second kappa shape index (κ2) is 10.3. The molecule has 3 aromatic carbocycles. The molecule has 0 saturated carbocycles. The number of carbonyl (C=O) groups excluding carboxylic acids is 2. The predicted molar refractivity (Wildman–Crippen MR) is 153 cm³/mol. The van der Waals surface area contributed by atoms with Crippen LogP contribution < -0.4 is 4.90 Å². The van der Waals surface area contributed by atoms with Gasteiger partial charge in [-0.3, -0.25) is 4.79 Å². The van der Waals surface area contributed by atoms with Crippen molar-refractivity contribution in [1.29, 1.82) is 0 Å². The maximum absolute atomic E-state index is 13.4. The minimum Gasteiger partial charge on any atom is -0.452 e. The number of carbonyl (C=O) groups is 2. The number of rotatable bonds is 5. The first-order valence-electron chi connectivity index (χ1n) is 12.9. The average Bonchev–Trinajstić information content (AvgIpc) is 3.31. The van der Waals surface area contributed by atoms with Gasteiger partial charge in [0.05, 0.1) is 16.8 Å². The van der Waals surface area contributed by atoms with Gasteiger partial charge in [0.1, 0.15) is 0 Å². The normalized spacial score (nSPS) is 13.9. The van der Waals surface area contributed by atoms with Gasteiger partial charge in [-0.05, 0) is 64.8 Å². The van der Waals surface area contributed by atoms with Crippen LogP contribution in [0.3, 0.4) is 0 Å². The topological polar surface area (TPSA) is 59.5 Å². The first-order valence-corrected chi connectivity index (χ1v) is 12.9. The lowest BCUT2D eigenvalue weighted by molar-refractivity contribution is -0.121. The first kappa shape index (κ1) is 25.4. The molecule has 1 amide bonds. The van der Waals surface area contributed by atoms with E-state index < -0.39 is 5.97 Å². The molecule has 5 heteroatoms. The van der Waals surface area contributed by atoms with Crippen molar-refractivity contribution in [3.05, 3.63) is 107 Å². The molecule has 5 nitrogen and oxygen atoms in total. The number of allylic oxidation sites excluding steroid dienone is 1. The fourth-order valence-corrected chi connectivity index (χ4v) is 4.88. The maximum atomic E-state index is 13.4. The fourth-order valence-electron chi connectivity index (χ4n) is 4.88. The van der Waals surface area contributed by atoms with E-state index in [1.165, 1.54) is 10.5 Å². The van der Waals surface area contributed by atoms with Crippen molar-refractivity contribution in [2.75, 3.05) is 18.6 Å². The highest BCUT2D eigenvalue weighted by Gasteiger charge is 2.28. The van der Waals surface area contributed by atoms with Crippen molar-refractivity contribution in [3.63, 3.8) is 0 Å². The average molecular weight is 505 g/mol. The molecular weight excluding hydrogens is 472 g/mol. The third-order valence-electron chi connectivity index (χ3n) is 7.11. The van der Waals surface area contributed by atoms with Gasteiger partial charge < -0.3 is 9.64 Å². The number of nitrogens with zero attached hydrogens (tertiary/aromatic N) is 2. The van der Waals surface area contributed by atoms with Gasteiger partial charge in [0.25, 0.3) is 5.91 Å². The summed E-state index contributed by atoms with van der Waals surface area (Å²) in [6.45, 7) is 6.28. The van der Waals surface area contributed by atoms with E-state index in [1.807, 2.05) is 54.6 Å². The summed E-state index contributed by atoms with van der Waals surface area (Å²) in [7, 11) is 1.68. The molecule has 0 unspecified atom stereocenters. The van der Waals surface area contributed by atoms with Crippen molar-refractivity contribution in [1.82, 2.24) is 4.98 Å². The third-order valence-corrected chi connectivity index (χ3v) is 7.11. The molecule has 1 heterocycles. The van der Waals surface area contributed by atoms with Crippen molar-refractivity contribution in [2.45, 2.75) is 39.0 Å². The highest BCUT2D eigenvalue weighted by molar-refractivity contribution is 6.08. The van der Waals surface area contributed by atoms with Crippen LogP contribution in [0.15, 0.2) is 78.9 Å². The third kappa shape index (κ3) is 5.10. The largest absolute Gasteiger partial charge is 0.452 e. The predicted octanol–water partition coefficient (Wildman–Crippen LogP) is 6.84. The lowest BCUT2D eigenvalue weighted by Gasteiger charge is -2.18. The van der Waals surface area contributed by atoms with Crippen LogP contribution in [0.1, 0.15) is 59.9 Å². The molecule has 4 aromatic rings. The second-order valence-electron chi connectivity index (χ2n) is 10.7. The maximum Gasteiger partial charge on any atom is 0.339 e. The lowest BCUT2D eigenvalue weighted by atomic mass is 9.86. The number of anilines is 1. The van der Waals surface area contributed by atoms with Crippen LogP contribution in [0.2, 0.25) is 0 Å². The van der Waals surface area contributed by atoms with Crippen LogP contribution >= 0.6 is 0 Å². The Morgan fingerprint density at radius 3 is 2.32 bits per heavy atom. The van der Waals surface area contributed by atoms with E-state index in [0.29, 0.717) is 12.0 Å². The summed E-state index contributed by atoms with van der Waals surface area (Å²) in [5, 5.41) is 0.746. The summed E-state index contributed by atoms with van der Waals surface area (Å²) >= 11 is 0. The number of esters is 1. The Morgan fingerprint density at radius 2 is 1.61 bits per heavy atom. The van der Waals surface area contributed by atoms with Crippen LogP contribution in [0.5, 0.6) is 0 Å². The Bertz CT molecular complexity index is 1530. The number of amides is 1. The zero-order valence-electron chi connectivity index (χ0n) is 22.3. The minimum absolute atomic E-state index is 0.0959. The number of benzene rings is 3. The van der Waals surface area contributed by atoms with Crippen LogP contribution in [0.25, 0.3) is 22.6 Å². The number of likely N-dealkylation sites (N-methyl/N-ethyl adjacent to an activating group) is 1. The van der Waals surface area contributed by atoms with Crippen LogP contribution in [0, 0.1) is 0 Å². The monoisotopic (exact) mass is 504 g/mol. The van der Waals surface area contributed by atoms with Crippen molar-refractivity contribution >= 4 is 40.1 Å². The summed E-state index contributed by atoms with van der Waals surface area (Å²) in [6, 6.07) is 25.5. The zero-order chi connectivity index (χ0) is 26.9. The molecule has 0 spiro atoms. The number of ether oxygens (including phenoxy) is 1. The Morgan fingerprint density at radius 1 is 0.921 bits per heavy atom. The molecule has 38 heavy (non-hydrogen) atoms. The van der Waals surface area contributed by atoms with Gasteiger partial charge in [-0.1, -0.05) is 81.4 Å². The number of hydrogen-bond acceptors (Lipinski definition) is 4. The van der Waals surface area contributed by atoms with Gasteiger partial charge in [0.15, 0.2) is 6.61 Å². The van der Waals surface area contributed by atoms with Crippen molar-refractivity contribution in [3.8, 4) is 0 Å². The molecule has 1 aliphatic rings. The number of fused-ring (bicyclic) bond motifs is 2. The van der Waals surface area contributed by atoms with Gasteiger partial charge in [-0.15, -0.1) is 0 Å². The number of hydrogen-bond donors (Lipinski definition) is 0. The molecule has 1 aromatic heterocycles. The van der Waals surface area contributed by atoms with Crippen LogP contribution in [0.4, 0.5) is 5.69 Å². The quantitative estimate of drug-likeness (QED) is 0.279. The Labute approximate surface area is 223 Å². The molecule has 0 radical (unpaired) electrons. The van der Waals surface area contributed by atoms with Crippen LogP contribution in [-0.4, -0.2) is 30.5 Å². The van der Waals surface area contributed by atoms with E-state index in [0.717, 1.165) is 45.4 Å². The Kier molecular flexibility index (Phi) is 6.85. The molecule has 0 fully saturated rings. The number of aromatic nitrogens is 1. The number of para-hydroxylation sites is 2. The Balaban J connectivity index is 1.44. The van der Waals surface area contributed by atoms with E-state index in [4.69, 9.17) is 9.72 Å². The van der Waals surface area contributed by atoms with E-state index in [9.17, 15) is 9.59 Å². The highest BCUT2D eigenvalue weighted by atomic mass is 16.5. The zero-order valence-corrected chi connectivity index (χ0v) is 22.3. The standard InChI is InChI=1S/C33H32N2O3/c1-33(2,3)24-17-14-22(15-18-24)20-23-16-19-27-30(26-12-8-9-13-28(26)34-31(23)27)32(37)38-21-29(36)35(4)25-10-6-5-7-11-25/h5-15,17-18,20H,16,19,21H2,1-4H3/b23-20-. The van der Waals surface area contributed by atoms with E-state index in [1.54, 1.807) is 7.05 Å². The summed E-state index contributed by atoms with van der Waals surface area (Å²) < 4.78 is 5.59. The van der Waals surface area contributed by atoms with E-state index >= 15 is 0 Å². The highest BCUT2D eigenvalue weighted by Crippen LogP contribution is 2.38. The molecule has 0 N–H and O–H groups in total. The van der Waals surface area contributed by atoms with Gasteiger partial charge in [0.2, 0.25) is 0 Å². The molecule has 0 aliphatic heterocycles. The molecular formula is C33H32N2O3. The number of pyridine rings is 1. The molecule has 0 saturated heterocycles. The lowest BCUT2D eigenvalue weighted by Crippen LogP contribution is -2.31. The van der Waals surface area contributed by atoms with Gasteiger partial charge >= 0.3 is 5.97 Å². The first-order chi connectivity index (χ1) is 18.2. The summed E-state index contributed by atoms with van der Waals surface area (Å²) in [6.07, 6.45) is 3.64. The summed E-state index contributed by atoms with van der Waals surface area (Å²) in [5.74, 6) is -0.788. The van der Waals surface area contributed by atoms with Crippen LogP contribution in [-0.2, 0) is 21.4 Å². The fraction of sp³-hybridized carbons (Fsp3) is 0.242. The smallest absolute Gasteiger partial charge is 0.339 e. The van der Waals surface area contributed by atoms with Gasteiger partial charge in [-0.25, -0.2) is 9.78 Å². The van der Waals surface area contributed by atoms with Gasteiger partial charge in [-0.2, -0.15) is 0 Å². The molecule has 0 bridgehead atoms. The summed E-state index contributed by atoms with van der Waals surface area (Å²) in [4.78, 5) is 32.6. The van der Waals surface area contributed by atoms with Crippen molar-refractivity contribution in [2.24, 2.45) is 0 Å². The SMILES string of the molecule is CN(C(=O)COC(=O)c1c2c(nc3ccccc13)/C(=C\c1ccc(C(C)(C)C)cc1)CC2)c1ccccc1. The minimum atomic E-state index is -0.495. The second-order valence-corrected chi connectivity index (χ2v) is 10.7. The molecule has 1 aliphatic carbocycles. The Hall–Kier alpha value is -4.25. The van der Waals surface area contributed by atoms with E-state index in [-0.39, 0.29) is 17.9 Å². The van der Waals surface area contributed by atoms with Gasteiger partial charge in [0, 0.05) is 18.1 Å².